The van der Waals surface area contributed by atoms with Gasteiger partial charge in [0.2, 0.25) is 5.91 Å². The molecule has 2 aromatic rings. The fourth-order valence-corrected chi connectivity index (χ4v) is 3.74. The highest BCUT2D eigenvalue weighted by Gasteiger charge is 2.10. The minimum Gasteiger partial charge on any atom is -0.356 e. The number of halogens is 1. The normalized spacial score (nSPS) is 12.5. The Labute approximate surface area is 179 Å². The third-order valence-corrected chi connectivity index (χ3v) is 6.07. The van der Waals surface area contributed by atoms with E-state index in [4.69, 9.17) is 11.6 Å². The molecule has 1 aromatic carbocycles. The summed E-state index contributed by atoms with van der Waals surface area (Å²) in [6, 6.07) is 7.79. The first-order valence-corrected chi connectivity index (χ1v) is 11.2. The summed E-state index contributed by atoms with van der Waals surface area (Å²) in [4.78, 5) is 23.3. The Balaban J connectivity index is 1.84. The molecule has 1 atom stereocenters. The molecule has 0 aliphatic rings. The number of likely N-dealkylation sites (N-methyl/N-ethyl adjacent to an activating group) is 1. The zero-order valence-corrected chi connectivity index (χ0v) is 18.7. The van der Waals surface area contributed by atoms with Crippen LogP contribution in [0.15, 0.2) is 45.7 Å². The number of nitrogens with one attached hydrogen (secondary N) is 2. The first kappa shape index (κ1) is 22.5. The van der Waals surface area contributed by atoms with Crippen LogP contribution in [0.5, 0.6) is 0 Å². The number of guanidine groups is 1. The van der Waals surface area contributed by atoms with Crippen molar-refractivity contribution in [3.05, 3.63) is 45.9 Å². The second-order valence-corrected chi connectivity index (χ2v) is 8.87. The number of thioether (sulfide) groups is 1. The van der Waals surface area contributed by atoms with E-state index in [1.165, 1.54) is 4.90 Å². The number of aromatic nitrogens is 1. The van der Waals surface area contributed by atoms with Crippen LogP contribution in [0.25, 0.3) is 0 Å². The van der Waals surface area contributed by atoms with Gasteiger partial charge < -0.3 is 15.5 Å². The second kappa shape index (κ2) is 11.9. The Kier molecular flexibility index (Phi) is 9.60. The van der Waals surface area contributed by atoms with Gasteiger partial charge in [0.05, 0.1) is 5.01 Å². The van der Waals surface area contributed by atoms with Crippen LogP contribution in [0.4, 0.5) is 0 Å². The van der Waals surface area contributed by atoms with Gasteiger partial charge in [-0.15, -0.1) is 23.1 Å². The van der Waals surface area contributed by atoms with Crippen molar-refractivity contribution in [2.24, 2.45) is 4.99 Å². The zero-order chi connectivity index (χ0) is 20.4. The molecule has 0 aliphatic carbocycles. The molecular formula is C19H26ClN5OS2. The number of hydrogen-bond acceptors (Lipinski definition) is 5. The van der Waals surface area contributed by atoms with Gasteiger partial charge in [-0.3, -0.25) is 4.79 Å². The first-order valence-electron chi connectivity index (χ1n) is 8.96. The van der Waals surface area contributed by atoms with E-state index in [0.29, 0.717) is 12.5 Å². The molecule has 1 amide bonds. The average Bonchev–Trinajstić information content (AvgIpc) is 3.22. The summed E-state index contributed by atoms with van der Waals surface area (Å²) < 4.78 is 0. The van der Waals surface area contributed by atoms with Crippen molar-refractivity contribution in [1.29, 1.82) is 0 Å². The van der Waals surface area contributed by atoms with Gasteiger partial charge in [-0.05, 0) is 24.3 Å². The fourth-order valence-electron chi connectivity index (χ4n) is 2.15. The summed E-state index contributed by atoms with van der Waals surface area (Å²) in [5.41, 5.74) is 0. The first-order chi connectivity index (χ1) is 13.5. The van der Waals surface area contributed by atoms with Gasteiger partial charge in [0.15, 0.2) is 5.96 Å². The molecule has 152 valence electrons. The fraction of sp³-hybridized carbons (Fsp3) is 0.421. The quantitative estimate of drug-likeness (QED) is 0.271. The Morgan fingerprint density at radius 1 is 1.32 bits per heavy atom. The topological polar surface area (TPSA) is 69.6 Å². The van der Waals surface area contributed by atoms with Crippen molar-refractivity contribution in [2.45, 2.75) is 17.7 Å². The summed E-state index contributed by atoms with van der Waals surface area (Å²) >= 11 is 9.29. The van der Waals surface area contributed by atoms with Crippen molar-refractivity contribution in [1.82, 2.24) is 20.5 Å². The lowest BCUT2D eigenvalue weighted by Gasteiger charge is -2.16. The Hall–Kier alpha value is -1.77. The summed E-state index contributed by atoms with van der Waals surface area (Å²) in [7, 11) is 3.46. The standard InChI is InChI=1S/C19H26ClN5OS2/c1-14(18-21-8-11-28-18)12-23-19(24-13-17(26)25(2)3)22-9-10-27-16-6-4-15(20)5-7-16/h4-8,11,14H,9-10,12-13H2,1-3H3,(H2,22,23,24). The zero-order valence-electron chi connectivity index (χ0n) is 16.3. The molecule has 2 rings (SSSR count). The molecule has 0 aliphatic heterocycles. The average molecular weight is 440 g/mol. The lowest BCUT2D eigenvalue weighted by Crippen LogP contribution is -2.41. The number of aliphatic imine (C=N–C) groups is 1. The number of hydrogen-bond donors (Lipinski definition) is 2. The molecule has 9 heteroatoms. The van der Waals surface area contributed by atoms with Gasteiger partial charge in [-0.2, -0.15) is 0 Å². The molecular weight excluding hydrogens is 414 g/mol. The van der Waals surface area contributed by atoms with E-state index >= 15 is 0 Å². The lowest BCUT2D eigenvalue weighted by atomic mass is 10.2. The smallest absolute Gasteiger partial charge is 0.243 e. The van der Waals surface area contributed by atoms with Crippen LogP contribution >= 0.6 is 34.7 Å². The summed E-state index contributed by atoms with van der Waals surface area (Å²) in [5, 5.41) is 10.4. The van der Waals surface area contributed by atoms with Gasteiger partial charge in [-0.25, -0.2) is 9.98 Å². The van der Waals surface area contributed by atoms with Crippen molar-refractivity contribution < 1.29 is 4.79 Å². The molecule has 0 saturated heterocycles. The van der Waals surface area contributed by atoms with Gasteiger partial charge >= 0.3 is 0 Å². The van der Waals surface area contributed by atoms with Crippen LogP contribution in [0, 0.1) is 0 Å². The third-order valence-electron chi connectivity index (χ3n) is 3.80. The molecule has 0 fully saturated rings. The van der Waals surface area contributed by atoms with Crippen molar-refractivity contribution >= 4 is 46.6 Å². The number of rotatable bonds is 9. The number of amides is 1. The van der Waals surface area contributed by atoms with Gasteiger partial charge in [0.1, 0.15) is 6.54 Å². The lowest BCUT2D eigenvalue weighted by molar-refractivity contribution is -0.127. The molecule has 1 unspecified atom stereocenters. The van der Waals surface area contributed by atoms with Crippen LogP contribution in [0.1, 0.15) is 17.8 Å². The van der Waals surface area contributed by atoms with Gasteiger partial charge in [-0.1, -0.05) is 18.5 Å². The van der Waals surface area contributed by atoms with Crippen LogP contribution in [-0.4, -0.2) is 61.2 Å². The van der Waals surface area contributed by atoms with E-state index in [1.54, 1.807) is 37.2 Å². The summed E-state index contributed by atoms with van der Waals surface area (Å²) in [5.74, 6) is 1.73. The highest BCUT2D eigenvalue weighted by Crippen LogP contribution is 2.19. The number of carbonyl (C=O) groups is 1. The molecule has 6 nitrogen and oxygen atoms in total. The highest BCUT2D eigenvalue weighted by atomic mass is 35.5. The van der Waals surface area contributed by atoms with Gasteiger partial charge in [0, 0.05) is 60.4 Å². The maximum Gasteiger partial charge on any atom is 0.243 e. The Morgan fingerprint density at radius 3 is 2.71 bits per heavy atom. The molecule has 28 heavy (non-hydrogen) atoms. The predicted molar refractivity (Wildman–Crippen MR) is 120 cm³/mol. The second-order valence-electron chi connectivity index (χ2n) is 6.33. The molecule has 2 N–H and O–H groups in total. The van der Waals surface area contributed by atoms with Crippen molar-refractivity contribution in [3.8, 4) is 0 Å². The molecule has 0 spiro atoms. The molecule has 0 saturated carbocycles. The monoisotopic (exact) mass is 439 g/mol. The minimum absolute atomic E-state index is 0.0374. The SMILES string of the molecule is CC(CNC(=NCC(=O)N(C)C)NCCSc1ccc(Cl)cc1)c1nccs1. The largest absolute Gasteiger partial charge is 0.356 e. The van der Waals surface area contributed by atoms with Crippen LogP contribution in [-0.2, 0) is 4.79 Å². The Morgan fingerprint density at radius 2 is 2.07 bits per heavy atom. The minimum atomic E-state index is -0.0374. The summed E-state index contributed by atoms with van der Waals surface area (Å²) in [6.07, 6.45) is 1.81. The predicted octanol–water partition coefficient (Wildman–Crippen LogP) is 3.32. The Bertz CT molecular complexity index is 750. The maximum atomic E-state index is 11.9. The maximum absolute atomic E-state index is 11.9. The van der Waals surface area contributed by atoms with E-state index in [2.05, 4.69) is 27.5 Å². The van der Waals surface area contributed by atoms with E-state index in [-0.39, 0.29) is 18.4 Å². The number of carbonyl (C=O) groups excluding carboxylic acids is 1. The van der Waals surface area contributed by atoms with E-state index in [1.807, 2.05) is 35.8 Å². The van der Waals surface area contributed by atoms with Crippen LogP contribution in [0.3, 0.4) is 0 Å². The molecule has 1 heterocycles. The number of thiazole rings is 1. The van der Waals surface area contributed by atoms with E-state index < -0.39 is 0 Å². The number of nitrogens with zero attached hydrogens (tertiary/aromatic N) is 3. The molecule has 0 bridgehead atoms. The molecule has 0 radical (unpaired) electrons. The van der Waals surface area contributed by atoms with Crippen LogP contribution in [0.2, 0.25) is 5.02 Å². The van der Waals surface area contributed by atoms with Crippen molar-refractivity contribution in [2.75, 3.05) is 39.5 Å². The summed E-state index contributed by atoms with van der Waals surface area (Å²) in [6.45, 7) is 3.64. The van der Waals surface area contributed by atoms with Crippen LogP contribution < -0.4 is 10.6 Å². The highest BCUT2D eigenvalue weighted by molar-refractivity contribution is 7.99. The molecule has 1 aromatic heterocycles. The van der Waals surface area contributed by atoms with E-state index in [0.717, 1.165) is 27.2 Å². The van der Waals surface area contributed by atoms with Gasteiger partial charge in [0.25, 0.3) is 0 Å². The van der Waals surface area contributed by atoms with E-state index in [9.17, 15) is 4.79 Å². The third kappa shape index (κ3) is 8.08. The van der Waals surface area contributed by atoms with Crippen molar-refractivity contribution in [3.63, 3.8) is 0 Å². The number of benzene rings is 1.